The van der Waals surface area contributed by atoms with E-state index in [2.05, 4.69) is 135 Å². The number of nitrogens with zero attached hydrogens (tertiary/aromatic N) is 2. The van der Waals surface area contributed by atoms with Gasteiger partial charge in [-0.25, -0.2) is 0 Å². The molecule has 0 amide bonds. The molecule has 0 N–H and O–H groups in total. The van der Waals surface area contributed by atoms with Gasteiger partial charge in [-0.05, 0) is 95.7 Å². The minimum Gasteiger partial charge on any atom is -0.305 e. The average molecular weight is 975 g/mol. The zero-order valence-electron chi connectivity index (χ0n) is 27.3. The molecule has 2 nitrogen and oxygen atoms in total. The molecular formula is C44H34Ir2N2-2. The first-order chi connectivity index (χ1) is 22.5. The first-order valence-corrected chi connectivity index (χ1v) is 15.7. The van der Waals surface area contributed by atoms with Crippen molar-refractivity contribution in [1.29, 1.82) is 0 Å². The van der Waals surface area contributed by atoms with Gasteiger partial charge in [0.15, 0.2) is 0 Å². The summed E-state index contributed by atoms with van der Waals surface area (Å²) in [6, 6.07) is 49.1. The minimum atomic E-state index is 0. The van der Waals surface area contributed by atoms with E-state index in [1.165, 1.54) is 55.6 Å². The Bertz CT molecular complexity index is 1970. The summed E-state index contributed by atoms with van der Waals surface area (Å²) >= 11 is 0. The van der Waals surface area contributed by atoms with Gasteiger partial charge in [0, 0.05) is 52.6 Å². The molecule has 7 aromatic rings. The standard InChI is InChI=1S/C44H34N2.2Ir/c1-29-30(2)44(40-16-8-6-14-38(40)34-21-25-36(26-22-34)42-18-10-12-28-46-42)32(4)31(3)43(29)39-15-7-5-13-37(39)33-19-23-35(24-20-33)41-17-9-11-27-45-41;;/h5-23,25,27-28H,1-4H3;;/q-2;;. The van der Waals surface area contributed by atoms with Crippen LogP contribution >= 0.6 is 0 Å². The van der Waals surface area contributed by atoms with Gasteiger partial charge in [-0.3, -0.25) is 0 Å². The second-order valence-electron chi connectivity index (χ2n) is 11.8. The smallest absolute Gasteiger partial charge is 0.0160 e. The normalized spacial score (nSPS) is 10.6. The van der Waals surface area contributed by atoms with Gasteiger partial charge in [-0.2, -0.15) is 0 Å². The largest absolute Gasteiger partial charge is 0.305 e. The summed E-state index contributed by atoms with van der Waals surface area (Å²) in [6.45, 7) is 9.08. The van der Waals surface area contributed by atoms with Crippen LogP contribution in [0.4, 0.5) is 0 Å². The Hall–Kier alpha value is -4.30. The van der Waals surface area contributed by atoms with Gasteiger partial charge in [0.2, 0.25) is 0 Å². The van der Waals surface area contributed by atoms with E-state index in [9.17, 15) is 0 Å². The van der Waals surface area contributed by atoms with Crippen LogP contribution in [0.25, 0.3) is 67.0 Å². The molecule has 0 aliphatic carbocycles. The Balaban J connectivity index is 0.00000225. The molecule has 2 radical (unpaired) electrons. The van der Waals surface area contributed by atoms with Crippen LogP contribution < -0.4 is 0 Å². The maximum absolute atomic E-state index is 4.50. The van der Waals surface area contributed by atoms with E-state index in [1.54, 1.807) is 0 Å². The minimum absolute atomic E-state index is 0. The van der Waals surface area contributed by atoms with Gasteiger partial charge in [0.25, 0.3) is 0 Å². The molecule has 0 spiro atoms. The summed E-state index contributed by atoms with van der Waals surface area (Å²) in [7, 11) is 0. The first-order valence-electron chi connectivity index (χ1n) is 15.7. The fourth-order valence-corrected chi connectivity index (χ4v) is 6.57. The molecule has 0 bridgehead atoms. The molecule has 0 aliphatic rings. The number of hydrogen-bond donors (Lipinski definition) is 0. The molecule has 2 heterocycles. The van der Waals surface area contributed by atoms with Gasteiger partial charge in [-0.15, -0.1) is 59.7 Å². The predicted octanol–water partition coefficient (Wildman–Crippen LogP) is 11.3. The third-order valence-electron chi connectivity index (χ3n) is 9.15. The number of hydrogen-bond acceptors (Lipinski definition) is 2. The Morgan fingerprint density at radius 3 is 1.06 bits per heavy atom. The molecule has 0 saturated heterocycles. The molecule has 0 fully saturated rings. The number of benzene rings is 5. The van der Waals surface area contributed by atoms with Gasteiger partial charge >= 0.3 is 0 Å². The summed E-state index contributed by atoms with van der Waals surface area (Å²) in [6.07, 6.45) is 3.64. The van der Waals surface area contributed by atoms with Crippen LogP contribution in [0.15, 0.2) is 134 Å². The molecule has 0 unspecified atom stereocenters. The van der Waals surface area contributed by atoms with Crippen LogP contribution in [-0.4, -0.2) is 9.97 Å². The molecule has 0 atom stereocenters. The average Bonchev–Trinajstić information content (AvgIpc) is 3.12. The van der Waals surface area contributed by atoms with Crippen molar-refractivity contribution in [2.75, 3.05) is 0 Å². The molecule has 48 heavy (non-hydrogen) atoms. The van der Waals surface area contributed by atoms with Gasteiger partial charge in [-0.1, -0.05) is 95.1 Å². The number of aromatic nitrogens is 2. The van der Waals surface area contributed by atoms with Crippen LogP contribution in [0, 0.1) is 39.8 Å². The molecule has 240 valence electrons. The van der Waals surface area contributed by atoms with E-state index >= 15 is 0 Å². The maximum Gasteiger partial charge on any atom is 0.0160 e. The molecule has 7 rings (SSSR count). The summed E-state index contributed by atoms with van der Waals surface area (Å²) in [5.41, 5.74) is 18.8. The maximum atomic E-state index is 4.50. The SMILES string of the molecule is Cc1c(C)c(-c2ccccc2-c2c[c-]c(-c3ccccn3)cc2)c(C)c(C)c1-c1ccccc1-c1c[c-]c(-c2ccccn2)cc1.[Ir].[Ir]. The van der Waals surface area contributed by atoms with E-state index in [1.807, 2.05) is 48.8 Å². The van der Waals surface area contributed by atoms with Crippen molar-refractivity contribution >= 4 is 0 Å². The zero-order valence-corrected chi connectivity index (χ0v) is 32.1. The van der Waals surface area contributed by atoms with E-state index in [0.29, 0.717) is 0 Å². The number of rotatable bonds is 6. The summed E-state index contributed by atoms with van der Waals surface area (Å²) in [5, 5.41) is 0. The summed E-state index contributed by atoms with van der Waals surface area (Å²) < 4.78 is 0. The van der Waals surface area contributed by atoms with Crippen molar-refractivity contribution in [3.8, 4) is 67.0 Å². The van der Waals surface area contributed by atoms with Crippen LogP contribution in [0.2, 0.25) is 0 Å². The Labute approximate surface area is 311 Å². The van der Waals surface area contributed by atoms with Crippen LogP contribution in [-0.2, 0) is 40.2 Å². The molecular weight excluding hydrogens is 941 g/mol. The van der Waals surface area contributed by atoms with E-state index in [-0.39, 0.29) is 40.2 Å². The summed E-state index contributed by atoms with van der Waals surface area (Å²) in [5.74, 6) is 0. The molecule has 5 aromatic carbocycles. The predicted molar refractivity (Wildman–Crippen MR) is 191 cm³/mol. The number of pyridine rings is 2. The van der Waals surface area contributed by atoms with Crippen molar-refractivity contribution in [2.45, 2.75) is 27.7 Å². The zero-order chi connectivity index (χ0) is 31.6. The van der Waals surface area contributed by atoms with Crippen molar-refractivity contribution in [2.24, 2.45) is 0 Å². The van der Waals surface area contributed by atoms with Crippen molar-refractivity contribution in [3.63, 3.8) is 0 Å². The van der Waals surface area contributed by atoms with Crippen molar-refractivity contribution in [3.05, 3.63) is 168 Å². The van der Waals surface area contributed by atoms with Crippen LogP contribution in [0.1, 0.15) is 22.3 Å². The molecule has 0 saturated carbocycles. The van der Waals surface area contributed by atoms with Crippen LogP contribution in [0.3, 0.4) is 0 Å². The summed E-state index contributed by atoms with van der Waals surface area (Å²) in [4.78, 5) is 9.00. The molecule has 2 aromatic heterocycles. The second-order valence-corrected chi connectivity index (χ2v) is 11.8. The quantitative estimate of drug-likeness (QED) is 0.155. The fraction of sp³-hybridized carbons (Fsp3) is 0.0909. The van der Waals surface area contributed by atoms with Crippen molar-refractivity contribution < 1.29 is 40.2 Å². The third kappa shape index (κ3) is 6.68. The molecule has 0 aliphatic heterocycles. The van der Waals surface area contributed by atoms with Crippen molar-refractivity contribution in [1.82, 2.24) is 9.97 Å². The molecule has 4 heteroatoms. The fourth-order valence-electron chi connectivity index (χ4n) is 6.57. The van der Waals surface area contributed by atoms with Gasteiger partial charge < -0.3 is 9.97 Å². The van der Waals surface area contributed by atoms with Crippen LogP contribution in [0.5, 0.6) is 0 Å². The van der Waals surface area contributed by atoms with E-state index < -0.39 is 0 Å². The monoisotopic (exact) mass is 976 g/mol. The first kappa shape index (κ1) is 35.0. The van der Waals surface area contributed by atoms with E-state index in [4.69, 9.17) is 0 Å². The topological polar surface area (TPSA) is 25.8 Å². The Morgan fingerprint density at radius 1 is 0.396 bits per heavy atom. The third-order valence-corrected chi connectivity index (χ3v) is 9.15. The van der Waals surface area contributed by atoms with Gasteiger partial charge in [0.1, 0.15) is 0 Å². The Kier molecular flexibility index (Phi) is 11.1. The Morgan fingerprint density at radius 2 is 0.750 bits per heavy atom. The van der Waals surface area contributed by atoms with Gasteiger partial charge in [0.05, 0.1) is 0 Å². The second kappa shape index (κ2) is 15.3. The van der Waals surface area contributed by atoms with E-state index in [0.717, 1.165) is 33.6 Å².